The van der Waals surface area contributed by atoms with Gasteiger partial charge in [-0.15, -0.1) is 11.8 Å². The Morgan fingerprint density at radius 3 is 2.63 bits per heavy atom. The van der Waals surface area contributed by atoms with E-state index in [2.05, 4.69) is 5.32 Å². The third kappa shape index (κ3) is 5.67. The largest absolute Gasteiger partial charge is 0.497 e. The molecule has 6 nitrogen and oxygen atoms in total. The molecule has 0 aliphatic heterocycles. The molecule has 3 aromatic rings. The molecule has 0 fully saturated rings. The van der Waals surface area contributed by atoms with Crippen molar-refractivity contribution in [3.8, 4) is 5.75 Å². The molecule has 0 unspecified atom stereocenters. The van der Waals surface area contributed by atoms with Crippen molar-refractivity contribution in [1.29, 1.82) is 0 Å². The first-order valence-electron chi connectivity index (χ1n) is 9.43. The minimum Gasteiger partial charge on any atom is -0.497 e. The summed E-state index contributed by atoms with van der Waals surface area (Å²) in [5, 5.41) is 2.85. The highest BCUT2D eigenvalue weighted by molar-refractivity contribution is 8.00. The quantitative estimate of drug-likeness (QED) is 0.535. The minimum atomic E-state index is -0.157. The van der Waals surface area contributed by atoms with Gasteiger partial charge in [0.2, 0.25) is 5.91 Å². The topological polar surface area (TPSA) is 71.8 Å². The first-order chi connectivity index (χ1) is 14.5. The maximum absolute atomic E-state index is 12.9. The van der Waals surface area contributed by atoms with Crippen LogP contribution in [0.5, 0.6) is 5.75 Å². The molecule has 0 atom stereocenters. The Labute approximate surface area is 180 Å². The molecule has 0 saturated carbocycles. The third-order valence-corrected chi connectivity index (χ3v) is 5.44. The van der Waals surface area contributed by atoms with Crippen molar-refractivity contribution >= 4 is 29.3 Å². The molecule has 7 heteroatoms. The molecule has 0 aliphatic rings. The predicted octanol–water partition coefficient (Wildman–Crippen LogP) is 4.60. The van der Waals surface area contributed by atoms with Gasteiger partial charge in [-0.2, -0.15) is 0 Å². The van der Waals surface area contributed by atoms with E-state index in [0.717, 1.165) is 16.4 Å². The summed E-state index contributed by atoms with van der Waals surface area (Å²) >= 11 is 1.33. The molecule has 1 aromatic heterocycles. The summed E-state index contributed by atoms with van der Waals surface area (Å²) in [6, 6.07) is 18.2. The van der Waals surface area contributed by atoms with Gasteiger partial charge in [0.1, 0.15) is 17.3 Å². The fourth-order valence-corrected chi connectivity index (χ4v) is 3.74. The summed E-state index contributed by atoms with van der Waals surface area (Å²) in [5.74, 6) is 2.11. The van der Waals surface area contributed by atoms with Crippen LogP contribution >= 0.6 is 11.8 Å². The van der Waals surface area contributed by atoms with Crippen LogP contribution in [0.3, 0.4) is 0 Å². The van der Waals surface area contributed by atoms with Crippen LogP contribution in [-0.4, -0.2) is 36.6 Å². The highest BCUT2D eigenvalue weighted by Gasteiger charge is 2.18. The van der Waals surface area contributed by atoms with E-state index in [0.29, 0.717) is 23.5 Å². The summed E-state index contributed by atoms with van der Waals surface area (Å²) < 4.78 is 10.7. The summed E-state index contributed by atoms with van der Waals surface area (Å²) in [6.45, 7) is 2.25. The molecule has 1 N–H and O–H groups in total. The highest BCUT2D eigenvalue weighted by atomic mass is 32.2. The van der Waals surface area contributed by atoms with Crippen LogP contribution in [0.1, 0.15) is 21.9 Å². The molecule has 1 heterocycles. The van der Waals surface area contributed by atoms with Crippen molar-refractivity contribution in [2.24, 2.45) is 0 Å². The Morgan fingerprint density at radius 2 is 1.90 bits per heavy atom. The first-order valence-corrected chi connectivity index (χ1v) is 10.4. The lowest BCUT2D eigenvalue weighted by Gasteiger charge is -2.18. The van der Waals surface area contributed by atoms with E-state index in [4.69, 9.17) is 9.15 Å². The zero-order valence-electron chi connectivity index (χ0n) is 17.2. The van der Waals surface area contributed by atoms with E-state index in [-0.39, 0.29) is 17.6 Å². The number of amides is 2. The summed E-state index contributed by atoms with van der Waals surface area (Å²) in [5.41, 5.74) is 1.22. The highest BCUT2D eigenvalue weighted by Crippen LogP contribution is 2.25. The summed E-state index contributed by atoms with van der Waals surface area (Å²) in [6.07, 6.45) is 0. The number of anilines is 1. The number of carbonyl (C=O) groups excluding carboxylic acids is 2. The molecule has 30 heavy (non-hydrogen) atoms. The predicted molar refractivity (Wildman–Crippen MR) is 118 cm³/mol. The van der Waals surface area contributed by atoms with E-state index in [1.807, 2.05) is 49.4 Å². The number of nitrogens with zero attached hydrogens (tertiary/aromatic N) is 1. The number of benzene rings is 2. The molecule has 156 valence electrons. The second-order valence-corrected chi connectivity index (χ2v) is 7.76. The van der Waals surface area contributed by atoms with Crippen LogP contribution in [0.15, 0.2) is 70.0 Å². The number of furan rings is 1. The number of ether oxygens (including phenoxy) is 1. The van der Waals surface area contributed by atoms with Gasteiger partial charge < -0.3 is 19.4 Å². The van der Waals surface area contributed by atoms with Crippen LogP contribution in [-0.2, 0) is 11.3 Å². The fourth-order valence-electron chi connectivity index (χ4n) is 2.89. The van der Waals surface area contributed by atoms with Gasteiger partial charge in [0, 0.05) is 23.7 Å². The van der Waals surface area contributed by atoms with Gasteiger partial charge in [-0.3, -0.25) is 9.59 Å². The van der Waals surface area contributed by atoms with Crippen molar-refractivity contribution in [1.82, 2.24) is 4.90 Å². The molecule has 0 radical (unpaired) electrons. The average Bonchev–Trinajstić information content (AvgIpc) is 3.16. The van der Waals surface area contributed by atoms with Crippen molar-refractivity contribution in [2.45, 2.75) is 18.4 Å². The molecular weight excluding hydrogens is 400 g/mol. The number of hydrogen-bond acceptors (Lipinski definition) is 5. The Hall–Kier alpha value is -3.19. The fraction of sp³-hybridized carbons (Fsp3) is 0.217. The lowest BCUT2D eigenvalue weighted by atomic mass is 10.2. The van der Waals surface area contributed by atoms with Crippen molar-refractivity contribution < 1.29 is 18.7 Å². The minimum absolute atomic E-state index is 0.125. The zero-order valence-corrected chi connectivity index (χ0v) is 18.0. The van der Waals surface area contributed by atoms with Crippen molar-refractivity contribution in [3.63, 3.8) is 0 Å². The molecule has 0 spiro atoms. The second kappa shape index (κ2) is 10.0. The van der Waals surface area contributed by atoms with E-state index in [1.54, 1.807) is 37.3 Å². The molecule has 0 saturated heterocycles. The van der Waals surface area contributed by atoms with Gasteiger partial charge in [-0.25, -0.2) is 0 Å². The number of carbonyl (C=O) groups is 2. The van der Waals surface area contributed by atoms with Gasteiger partial charge in [0.05, 0.1) is 25.0 Å². The monoisotopic (exact) mass is 424 g/mol. The number of hydrogen-bond donors (Lipinski definition) is 1. The number of methoxy groups -OCH3 is 1. The van der Waals surface area contributed by atoms with E-state index < -0.39 is 0 Å². The van der Waals surface area contributed by atoms with E-state index in [1.165, 1.54) is 11.8 Å². The van der Waals surface area contributed by atoms with Crippen LogP contribution in [0.25, 0.3) is 0 Å². The van der Waals surface area contributed by atoms with Gasteiger partial charge in [0.25, 0.3) is 5.91 Å². The number of nitrogens with one attached hydrogen (secondary N) is 1. The lowest BCUT2D eigenvalue weighted by molar-refractivity contribution is -0.113. The van der Waals surface area contributed by atoms with Gasteiger partial charge in [-0.1, -0.05) is 18.2 Å². The van der Waals surface area contributed by atoms with E-state index in [9.17, 15) is 9.59 Å². The normalized spacial score (nSPS) is 10.5. The molecule has 0 aliphatic carbocycles. The van der Waals surface area contributed by atoms with Gasteiger partial charge >= 0.3 is 0 Å². The smallest absolute Gasteiger partial charge is 0.255 e. The standard InChI is InChI=1S/C23H24N2O4S/c1-16-11-12-19(29-16)14-25(2)23(27)20-9-4-5-10-21(20)30-15-22(26)24-17-7-6-8-18(13-17)28-3/h4-13H,14-15H2,1-3H3,(H,24,26). The average molecular weight is 425 g/mol. The molecule has 2 amide bonds. The first kappa shape index (κ1) is 21.5. The Kier molecular flexibility index (Phi) is 7.19. The SMILES string of the molecule is COc1cccc(NC(=O)CSc2ccccc2C(=O)N(C)Cc2ccc(C)o2)c1. The van der Waals surface area contributed by atoms with E-state index >= 15 is 0 Å². The van der Waals surface area contributed by atoms with Crippen LogP contribution in [0.2, 0.25) is 0 Å². The Bertz CT molecular complexity index is 1030. The van der Waals surface area contributed by atoms with Crippen molar-refractivity contribution in [3.05, 3.63) is 77.7 Å². The molecule has 3 rings (SSSR count). The summed E-state index contributed by atoms with van der Waals surface area (Å²) in [4.78, 5) is 27.7. The van der Waals surface area contributed by atoms with Gasteiger partial charge in [-0.05, 0) is 43.3 Å². The third-order valence-electron chi connectivity index (χ3n) is 4.37. The van der Waals surface area contributed by atoms with Crippen molar-refractivity contribution in [2.75, 3.05) is 25.2 Å². The van der Waals surface area contributed by atoms with Gasteiger partial charge in [0.15, 0.2) is 0 Å². The molecule has 0 bridgehead atoms. The lowest BCUT2D eigenvalue weighted by Crippen LogP contribution is -2.26. The molecular formula is C23H24N2O4S. The Morgan fingerprint density at radius 1 is 1.10 bits per heavy atom. The second-order valence-electron chi connectivity index (χ2n) is 6.74. The number of aryl methyl sites for hydroxylation is 1. The van der Waals surface area contributed by atoms with Crippen LogP contribution in [0, 0.1) is 6.92 Å². The summed E-state index contributed by atoms with van der Waals surface area (Å²) in [7, 11) is 3.31. The molecule has 2 aromatic carbocycles. The Balaban J connectivity index is 1.62. The zero-order chi connectivity index (χ0) is 21.5. The maximum Gasteiger partial charge on any atom is 0.255 e. The number of thioether (sulfide) groups is 1. The van der Waals surface area contributed by atoms with Crippen LogP contribution < -0.4 is 10.1 Å². The van der Waals surface area contributed by atoms with Crippen LogP contribution in [0.4, 0.5) is 5.69 Å². The maximum atomic E-state index is 12.9. The number of rotatable bonds is 8.